The van der Waals surface area contributed by atoms with Crippen molar-refractivity contribution >= 4 is 11.9 Å². The van der Waals surface area contributed by atoms with Gasteiger partial charge in [-0.2, -0.15) is 5.26 Å². The molecule has 92 valence electrons. The molecule has 2 aromatic carbocycles. The van der Waals surface area contributed by atoms with Gasteiger partial charge in [0.1, 0.15) is 5.82 Å². The lowest BCUT2D eigenvalue weighted by molar-refractivity contribution is 0.104. The summed E-state index contributed by atoms with van der Waals surface area (Å²) in [4.78, 5) is 11.8. The van der Waals surface area contributed by atoms with Crippen molar-refractivity contribution in [2.24, 2.45) is 0 Å². The van der Waals surface area contributed by atoms with E-state index in [9.17, 15) is 9.18 Å². The number of hydrogen-bond acceptors (Lipinski definition) is 2. The molecule has 0 aliphatic heterocycles. The quantitative estimate of drug-likeness (QED) is 0.617. The molecule has 0 saturated heterocycles. The number of carbonyl (C=O) groups is 1. The molecule has 2 aromatic rings. The van der Waals surface area contributed by atoms with Gasteiger partial charge in [-0.15, -0.1) is 0 Å². The van der Waals surface area contributed by atoms with E-state index in [4.69, 9.17) is 5.26 Å². The summed E-state index contributed by atoms with van der Waals surface area (Å²) >= 11 is 0. The summed E-state index contributed by atoms with van der Waals surface area (Å²) in [6.07, 6.45) is 2.87. The molecule has 0 aliphatic carbocycles. The van der Waals surface area contributed by atoms with Gasteiger partial charge < -0.3 is 0 Å². The molecule has 2 rings (SSSR count). The first-order chi connectivity index (χ1) is 9.20. The van der Waals surface area contributed by atoms with E-state index >= 15 is 0 Å². The molecule has 3 heteroatoms. The van der Waals surface area contributed by atoms with Crippen LogP contribution in [0.4, 0.5) is 4.39 Å². The van der Waals surface area contributed by atoms with Gasteiger partial charge in [0.25, 0.3) is 0 Å². The molecule has 0 aromatic heterocycles. The van der Waals surface area contributed by atoms with Gasteiger partial charge in [0.05, 0.1) is 17.2 Å². The smallest absolute Gasteiger partial charge is 0.188 e. The maximum Gasteiger partial charge on any atom is 0.188 e. The Hall–Kier alpha value is -2.73. The van der Waals surface area contributed by atoms with Crippen molar-refractivity contribution in [1.29, 1.82) is 5.26 Å². The van der Waals surface area contributed by atoms with Crippen molar-refractivity contribution < 1.29 is 9.18 Å². The number of rotatable bonds is 3. The lowest BCUT2D eigenvalue weighted by Crippen LogP contribution is -1.97. The van der Waals surface area contributed by atoms with Crippen molar-refractivity contribution in [1.82, 2.24) is 0 Å². The van der Waals surface area contributed by atoms with Gasteiger partial charge in [-0.05, 0) is 35.9 Å². The second kappa shape index (κ2) is 5.74. The highest BCUT2D eigenvalue weighted by Gasteiger charge is 2.06. The first kappa shape index (κ1) is 12.7. The minimum Gasteiger partial charge on any atom is -0.289 e. The fourth-order valence-electron chi connectivity index (χ4n) is 1.63. The zero-order valence-corrected chi connectivity index (χ0v) is 10.0. The average molecular weight is 251 g/mol. The third kappa shape index (κ3) is 3.14. The molecule has 0 radical (unpaired) electrons. The van der Waals surface area contributed by atoms with E-state index in [0.717, 1.165) is 5.56 Å². The topological polar surface area (TPSA) is 40.9 Å². The third-order valence-corrected chi connectivity index (χ3v) is 2.58. The van der Waals surface area contributed by atoms with Crippen LogP contribution in [0, 0.1) is 17.1 Å². The summed E-state index contributed by atoms with van der Waals surface area (Å²) < 4.78 is 13.4. The summed E-state index contributed by atoms with van der Waals surface area (Å²) in [6.45, 7) is 0. The first-order valence-corrected chi connectivity index (χ1v) is 5.68. The van der Waals surface area contributed by atoms with Gasteiger partial charge in [0.2, 0.25) is 0 Å². The highest BCUT2D eigenvalue weighted by molar-refractivity contribution is 6.06. The van der Waals surface area contributed by atoms with Crippen molar-refractivity contribution in [2.45, 2.75) is 0 Å². The molecule has 0 bridgehead atoms. The zero-order valence-electron chi connectivity index (χ0n) is 10.0. The predicted molar refractivity (Wildman–Crippen MR) is 70.9 cm³/mol. The van der Waals surface area contributed by atoms with Crippen LogP contribution in [0.15, 0.2) is 54.6 Å². The maximum absolute atomic E-state index is 13.4. The molecular weight excluding hydrogens is 241 g/mol. The zero-order chi connectivity index (χ0) is 13.7. The average Bonchev–Trinajstić information content (AvgIpc) is 2.45. The standard InChI is InChI=1S/C16H10FNO/c17-15-7-2-1-6-14(15)16(19)9-8-12-4-3-5-13(10-12)11-18/h1-10H/b9-8-. The Kier molecular flexibility index (Phi) is 3.84. The number of carbonyl (C=O) groups excluding carboxylic acids is 1. The van der Waals surface area contributed by atoms with Crippen molar-refractivity contribution in [2.75, 3.05) is 0 Å². The SMILES string of the molecule is N#Cc1cccc(/C=C\C(=O)c2ccccc2F)c1. The van der Waals surface area contributed by atoms with E-state index in [0.29, 0.717) is 5.56 Å². The summed E-state index contributed by atoms with van der Waals surface area (Å²) in [6, 6.07) is 14.7. The lowest BCUT2D eigenvalue weighted by atomic mass is 10.1. The Morgan fingerprint density at radius 2 is 1.95 bits per heavy atom. The fourth-order valence-corrected chi connectivity index (χ4v) is 1.63. The van der Waals surface area contributed by atoms with Crippen LogP contribution in [0.1, 0.15) is 21.5 Å². The largest absolute Gasteiger partial charge is 0.289 e. The fraction of sp³-hybridized carbons (Fsp3) is 0. The minimum atomic E-state index is -0.539. The second-order valence-corrected chi connectivity index (χ2v) is 3.91. The Bertz CT molecular complexity index is 683. The second-order valence-electron chi connectivity index (χ2n) is 3.91. The summed E-state index contributed by atoms with van der Waals surface area (Å²) in [5.41, 5.74) is 1.28. The summed E-state index contributed by atoms with van der Waals surface area (Å²) in [5.74, 6) is -0.941. The van der Waals surface area contributed by atoms with Crippen molar-refractivity contribution in [3.63, 3.8) is 0 Å². The molecule has 2 nitrogen and oxygen atoms in total. The van der Waals surface area contributed by atoms with Crippen LogP contribution in [-0.4, -0.2) is 5.78 Å². The molecular formula is C16H10FNO. The minimum absolute atomic E-state index is 0.0372. The van der Waals surface area contributed by atoms with Crippen molar-refractivity contribution in [3.8, 4) is 6.07 Å². The monoisotopic (exact) mass is 251 g/mol. The number of halogens is 1. The Morgan fingerprint density at radius 3 is 2.68 bits per heavy atom. The van der Waals surface area contributed by atoms with Gasteiger partial charge in [0, 0.05) is 0 Å². The van der Waals surface area contributed by atoms with Crippen molar-refractivity contribution in [3.05, 3.63) is 77.1 Å². The van der Waals surface area contributed by atoms with Crippen LogP contribution in [-0.2, 0) is 0 Å². The van der Waals surface area contributed by atoms with E-state index in [2.05, 4.69) is 0 Å². The van der Waals surface area contributed by atoms with E-state index in [1.165, 1.54) is 24.3 Å². The molecule has 19 heavy (non-hydrogen) atoms. The van der Waals surface area contributed by atoms with Crippen LogP contribution in [0.5, 0.6) is 0 Å². The van der Waals surface area contributed by atoms with Crippen LogP contribution in [0.3, 0.4) is 0 Å². The molecule has 0 heterocycles. The lowest BCUT2D eigenvalue weighted by Gasteiger charge is -1.97. The van der Waals surface area contributed by atoms with Gasteiger partial charge >= 0.3 is 0 Å². The molecule has 0 unspecified atom stereocenters. The van der Waals surface area contributed by atoms with E-state index in [-0.39, 0.29) is 5.56 Å². The molecule has 0 fully saturated rings. The van der Waals surface area contributed by atoms with E-state index < -0.39 is 11.6 Å². The van der Waals surface area contributed by atoms with Crippen LogP contribution in [0.2, 0.25) is 0 Å². The molecule has 0 N–H and O–H groups in total. The van der Waals surface area contributed by atoms with Crippen LogP contribution < -0.4 is 0 Å². The number of nitriles is 1. The Balaban J connectivity index is 2.21. The first-order valence-electron chi connectivity index (χ1n) is 5.68. The van der Waals surface area contributed by atoms with E-state index in [1.54, 1.807) is 36.4 Å². The number of allylic oxidation sites excluding steroid dienone is 1. The molecule has 0 amide bonds. The molecule has 0 atom stereocenters. The van der Waals surface area contributed by atoms with Gasteiger partial charge in [0.15, 0.2) is 5.78 Å². The highest BCUT2D eigenvalue weighted by Crippen LogP contribution is 2.10. The molecule has 0 aliphatic rings. The van der Waals surface area contributed by atoms with Gasteiger partial charge in [-0.25, -0.2) is 4.39 Å². The normalized spacial score (nSPS) is 10.3. The number of hydrogen-bond donors (Lipinski definition) is 0. The summed E-state index contributed by atoms with van der Waals surface area (Å²) in [5, 5.41) is 8.76. The highest BCUT2D eigenvalue weighted by atomic mass is 19.1. The number of nitrogens with zero attached hydrogens (tertiary/aromatic N) is 1. The van der Waals surface area contributed by atoms with Crippen LogP contribution in [0.25, 0.3) is 6.08 Å². The predicted octanol–water partition coefficient (Wildman–Crippen LogP) is 3.59. The van der Waals surface area contributed by atoms with Gasteiger partial charge in [-0.3, -0.25) is 4.79 Å². The molecule has 0 saturated carbocycles. The van der Waals surface area contributed by atoms with Crippen LogP contribution >= 0.6 is 0 Å². The van der Waals surface area contributed by atoms with Gasteiger partial charge in [-0.1, -0.05) is 30.3 Å². The number of benzene rings is 2. The third-order valence-electron chi connectivity index (χ3n) is 2.58. The summed E-state index contributed by atoms with van der Waals surface area (Å²) in [7, 11) is 0. The van der Waals surface area contributed by atoms with E-state index in [1.807, 2.05) is 6.07 Å². The maximum atomic E-state index is 13.4. The number of ketones is 1. The Labute approximate surface area is 110 Å². The molecule has 0 spiro atoms. The Morgan fingerprint density at radius 1 is 1.16 bits per heavy atom.